The highest BCUT2D eigenvalue weighted by atomic mass is 16.6. The highest BCUT2D eigenvalue weighted by Crippen LogP contribution is 2.61. The SMILES string of the molecule is N#Cc1ccnc(NCC2C3Cc4ccccc4C23)c1[N+](=O)[O-]. The average Bonchev–Trinajstić information content (AvgIpc) is 3.10. The maximum atomic E-state index is 11.2. The number of nitrogens with zero attached hydrogens (tertiary/aromatic N) is 3. The molecule has 0 amide bonds. The average molecular weight is 306 g/mol. The first-order chi connectivity index (χ1) is 11.2. The van der Waals surface area contributed by atoms with Crippen LogP contribution in [0.15, 0.2) is 36.5 Å². The van der Waals surface area contributed by atoms with Crippen molar-refractivity contribution in [2.24, 2.45) is 11.8 Å². The van der Waals surface area contributed by atoms with Crippen molar-refractivity contribution in [2.75, 3.05) is 11.9 Å². The van der Waals surface area contributed by atoms with Gasteiger partial charge in [-0.1, -0.05) is 24.3 Å². The standard InChI is InChI=1S/C17H14N4O2/c18-8-11-5-6-19-17(16(11)21(22)23)20-9-14-13-7-10-3-1-2-4-12(10)15(13)14/h1-6,13-15H,7,9H2,(H,19,20). The number of nitrogens with one attached hydrogen (secondary N) is 1. The van der Waals surface area contributed by atoms with Gasteiger partial charge in [0.25, 0.3) is 0 Å². The third-order valence-electron chi connectivity index (χ3n) is 4.93. The topological polar surface area (TPSA) is 91.8 Å². The van der Waals surface area contributed by atoms with Gasteiger partial charge in [-0.3, -0.25) is 10.1 Å². The van der Waals surface area contributed by atoms with E-state index in [1.54, 1.807) is 0 Å². The van der Waals surface area contributed by atoms with E-state index in [0.717, 1.165) is 6.42 Å². The van der Waals surface area contributed by atoms with Crippen LogP contribution in [0.2, 0.25) is 0 Å². The molecule has 2 aliphatic rings. The van der Waals surface area contributed by atoms with Crippen LogP contribution in [-0.4, -0.2) is 16.5 Å². The number of benzene rings is 1. The van der Waals surface area contributed by atoms with Gasteiger partial charge in [0.1, 0.15) is 11.6 Å². The molecule has 0 aliphatic heterocycles. The van der Waals surface area contributed by atoms with E-state index in [1.807, 2.05) is 6.07 Å². The van der Waals surface area contributed by atoms with Crippen LogP contribution in [0.25, 0.3) is 0 Å². The molecule has 114 valence electrons. The molecule has 0 saturated heterocycles. The Morgan fingerprint density at radius 2 is 2.22 bits per heavy atom. The van der Waals surface area contributed by atoms with Crippen LogP contribution in [0, 0.1) is 33.3 Å². The maximum absolute atomic E-state index is 11.2. The lowest BCUT2D eigenvalue weighted by molar-refractivity contribution is -0.384. The fraction of sp³-hybridized carbons (Fsp3) is 0.294. The van der Waals surface area contributed by atoms with Crippen molar-refractivity contribution in [3.05, 3.63) is 63.3 Å². The van der Waals surface area contributed by atoms with Crippen LogP contribution in [0.4, 0.5) is 11.5 Å². The second-order valence-electron chi connectivity index (χ2n) is 6.06. The van der Waals surface area contributed by atoms with Crippen LogP contribution in [0.5, 0.6) is 0 Å². The molecule has 0 spiro atoms. The first-order valence-electron chi connectivity index (χ1n) is 7.56. The van der Waals surface area contributed by atoms with E-state index in [1.165, 1.54) is 23.4 Å². The Morgan fingerprint density at radius 3 is 3.00 bits per heavy atom. The van der Waals surface area contributed by atoms with Crippen molar-refractivity contribution in [3.8, 4) is 6.07 Å². The van der Waals surface area contributed by atoms with Crippen molar-refractivity contribution in [2.45, 2.75) is 12.3 Å². The number of anilines is 1. The Balaban J connectivity index is 1.50. The van der Waals surface area contributed by atoms with Crippen LogP contribution >= 0.6 is 0 Å². The summed E-state index contributed by atoms with van der Waals surface area (Å²) < 4.78 is 0. The summed E-state index contributed by atoms with van der Waals surface area (Å²) in [7, 11) is 0. The molecule has 3 atom stereocenters. The number of aromatic nitrogens is 1. The zero-order valence-electron chi connectivity index (χ0n) is 12.3. The second-order valence-corrected chi connectivity index (χ2v) is 6.06. The normalized spacial score (nSPS) is 23.5. The molecule has 1 saturated carbocycles. The fourth-order valence-corrected chi connectivity index (χ4v) is 3.84. The quantitative estimate of drug-likeness (QED) is 0.692. The van der Waals surface area contributed by atoms with Crippen molar-refractivity contribution in [1.29, 1.82) is 5.26 Å². The first-order valence-corrected chi connectivity index (χ1v) is 7.56. The number of nitriles is 1. The minimum absolute atomic E-state index is 0.0360. The van der Waals surface area contributed by atoms with E-state index >= 15 is 0 Å². The summed E-state index contributed by atoms with van der Waals surface area (Å²) in [6.45, 7) is 0.645. The lowest BCUT2D eigenvalue weighted by Crippen LogP contribution is -2.11. The minimum atomic E-state index is -0.545. The van der Waals surface area contributed by atoms with Crippen LogP contribution in [-0.2, 0) is 6.42 Å². The third kappa shape index (κ3) is 2.13. The zero-order valence-corrected chi connectivity index (χ0v) is 12.3. The van der Waals surface area contributed by atoms with E-state index in [4.69, 9.17) is 5.26 Å². The number of rotatable bonds is 4. The number of nitro groups is 1. The molecule has 1 heterocycles. The van der Waals surface area contributed by atoms with Gasteiger partial charge in [0.05, 0.1) is 4.92 Å². The molecule has 6 heteroatoms. The van der Waals surface area contributed by atoms with Crippen molar-refractivity contribution in [1.82, 2.24) is 4.98 Å². The Bertz CT molecular complexity index is 843. The summed E-state index contributed by atoms with van der Waals surface area (Å²) >= 11 is 0. The number of fused-ring (bicyclic) bond motifs is 3. The van der Waals surface area contributed by atoms with Gasteiger partial charge >= 0.3 is 5.69 Å². The van der Waals surface area contributed by atoms with Gasteiger partial charge in [-0.15, -0.1) is 0 Å². The van der Waals surface area contributed by atoms with Crippen LogP contribution < -0.4 is 5.32 Å². The van der Waals surface area contributed by atoms with Gasteiger partial charge in [0, 0.05) is 12.7 Å². The molecule has 23 heavy (non-hydrogen) atoms. The van der Waals surface area contributed by atoms with Gasteiger partial charge in [-0.2, -0.15) is 5.26 Å². The molecule has 1 N–H and O–H groups in total. The Kier molecular flexibility index (Phi) is 3.01. The molecule has 3 unspecified atom stereocenters. The number of hydrogen-bond acceptors (Lipinski definition) is 5. The highest BCUT2D eigenvalue weighted by Gasteiger charge is 2.55. The molecule has 1 fully saturated rings. The minimum Gasteiger partial charge on any atom is -0.364 e. The number of pyridine rings is 1. The van der Waals surface area contributed by atoms with Crippen LogP contribution in [0.1, 0.15) is 22.6 Å². The van der Waals surface area contributed by atoms with E-state index in [-0.39, 0.29) is 17.1 Å². The molecule has 1 aromatic carbocycles. The summed E-state index contributed by atoms with van der Waals surface area (Å²) in [5.41, 5.74) is 2.64. The molecule has 2 aromatic rings. The fourth-order valence-electron chi connectivity index (χ4n) is 3.84. The second kappa shape index (κ2) is 5.06. The summed E-state index contributed by atoms with van der Waals surface area (Å²) in [4.78, 5) is 14.7. The Morgan fingerprint density at radius 1 is 1.39 bits per heavy atom. The number of hydrogen-bond donors (Lipinski definition) is 1. The zero-order chi connectivity index (χ0) is 16.0. The lowest BCUT2D eigenvalue weighted by atomic mass is 10.0. The van der Waals surface area contributed by atoms with Gasteiger partial charge in [0.2, 0.25) is 5.82 Å². The summed E-state index contributed by atoms with van der Waals surface area (Å²) in [6, 6.07) is 11.7. The van der Waals surface area contributed by atoms with Crippen molar-refractivity contribution in [3.63, 3.8) is 0 Å². The van der Waals surface area contributed by atoms with E-state index in [9.17, 15) is 10.1 Å². The first kappa shape index (κ1) is 13.7. The summed E-state index contributed by atoms with van der Waals surface area (Å²) in [6.07, 6.45) is 2.51. The monoisotopic (exact) mass is 306 g/mol. The smallest absolute Gasteiger partial charge is 0.328 e. The van der Waals surface area contributed by atoms with E-state index in [2.05, 4.69) is 34.6 Å². The van der Waals surface area contributed by atoms with Gasteiger partial charge in [0.15, 0.2) is 0 Å². The Hall–Kier alpha value is -2.94. The molecule has 0 radical (unpaired) electrons. The Labute approximate surface area is 132 Å². The van der Waals surface area contributed by atoms with E-state index in [0.29, 0.717) is 24.3 Å². The highest BCUT2D eigenvalue weighted by molar-refractivity contribution is 5.64. The predicted octanol–water partition coefficient (Wildman–Crippen LogP) is 2.86. The molecule has 4 rings (SSSR count). The van der Waals surface area contributed by atoms with E-state index < -0.39 is 4.92 Å². The van der Waals surface area contributed by atoms with Gasteiger partial charge in [-0.05, 0) is 41.4 Å². The van der Waals surface area contributed by atoms with Gasteiger partial charge in [-0.25, -0.2) is 4.98 Å². The third-order valence-corrected chi connectivity index (χ3v) is 4.93. The van der Waals surface area contributed by atoms with Crippen molar-refractivity contribution >= 4 is 11.5 Å². The van der Waals surface area contributed by atoms with Crippen LogP contribution in [0.3, 0.4) is 0 Å². The van der Waals surface area contributed by atoms with Crippen molar-refractivity contribution < 1.29 is 4.92 Å². The largest absolute Gasteiger partial charge is 0.364 e. The molecule has 1 aromatic heterocycles. The summed E-state index contributed by atoms with van der Waals surface area (Å²) in [5.74, 6) is 1.85. The molecular weight excluding hydrogens is 292 g/mol. The molecule has 0 bridgehead atoms. The van der Waals surface area contributed by atoms with Gasteiger partial charge < -0.3 is 5.32 Å². The molecule has 2 aliphatic carbocycles. The maximum Gasteiger partial charge on any atom is 0.328 e. The predicted molar refractivity (Wildman–Crippen MR) is 84.0 cm³/mol. The summed E-state index contributed by atoms with van der Waals surface area (Å²) in [5, 5.41) is 23.3. The lowest BCUT2D eigenvalue weighted by Gasteiger charge is -2.09. The molecule has 6 nitrogen and oxygen atoms in total. The molecular formula is C17H14N4O2.